The summed E-state index contributed by atoms with van der Waals surface area (Å²) in [5.41, 5.74) is 2.61. The Morgan fingerprint density at radius 1 is 1.00 bits per heavy atom. The van der Waals surface area contributed by atoms with E-state index in [1.807, 2.05) is 66.7 Å². The van der Waals surface area contributed by atoms with Gasteiger partial charge in [-0.05, 0) is 75.5 Å². The summed E-state index contributed by atoms with van der Waals surface area (Å²) >= 11 is 0. The molecule has 0 aliphatic carbocycles. The molecule has 6 heteroatoms. The van der Waals surface area contributed by atoms with Crippen molar-refractivity contribution in [2.45, 2.75) is 44.6 Å². The zero-order valence-corrected chi connectivity index (χ0v) is 20.2. The van der Waals surface area contributed by atoms with Crippen molar-refractivity contribution in [1.29, 1.82) is 0 Å². The van der Waals surface area contributed by atoms with Crippen molar-refractivity contribution in [2.24, 2.45) is 0 Å². The molecule has 3 aromatic carbocycles. The third-order valence-electron chi connectivity index (χ3n) is 6.07. The molecule has 0 amide bonds. The molecule has 1 atom stereocenters. The number of carboxylic acids is 1. The second-order valence-electron chi connectivity index (χ2n) is 9.15. The highest BCUT2D eigenvalue weighted by Crippen LogP contribution is 2.30. The average molecular weight is 473 g/mol. The molecule has 35 heavy (non-hydrogen) atoms. The van der Waals surface area contributed by atoms with Gasteiger partial charge in [0.05, 0.1) is 5.92 Å². The largest absolute Gasteiger partial charge is 0.478 e. The van der Waals surface area contributed by atoms with E-state index in [1.54, 1.807) is 13.8 Å². The van der Waals surface area contributed by atoms with Gasteiger partial charge in [0.25, 0.3) is 0 Å². The number of hydrogen-bond acceptors (Lipinski definition) is 5. The Labute approximate surface area is 206 Å². The molecule has 0 saturated heterocycles. The number of rotatable bonds is 12. The molecule has 1 aromatic heterocycles. The smallest absolute Gasteiger partial charge is 0.347 e. The standard InChI is InChI=1S/C29H32N2O4/c1-29(2,28(32)33)35-25-16-8-6-13-22(25)14-10-19-30-20-18-23(21-11-4-3-5-12-21)27-31-24-15-7-9-17-26(24)34-27/h3-9,11-13,15-17,23,30H,10,14,18-20H2,1-2H3,(H,32,33). The van der Waals surface area contributed by atoms with Crippen LogP contribution in [-0.4, -0.2) is 34.8 Å². The second-order valence-corrected chi connectivity index (χ2v) is 9.15. The highest BCUT2D eigenvalue weighted by molar-refractivity contribution is 5.76. The minimum absolute atomic E-state index is 0.0727. The molecule has 1 unspecified atom stereocenters. The molecule has 0 aliphatic rings. The van der Waals surface area contributed by atoms with E-state index >= 15 is 0 Å². The Balaban J connectivity index is 1.32. The minimum atomic E-state index is -1.27. The molecule has 4 rings (SSSR count). The number of ether oxygens (including phenoxy) is 1. The van der Waals surface area contributed by atoms with Crippen LogP contribution in [0.25, 0.3) is 11.1 Å². The monoisotopic (exact) mass is 472 g/mol. The number of carboxylic acid groups (broad SMARTS) is 1. The van der Waals surface area contributed by atoms with E-state index < -0.39 is 11.6 Å². The summed E-state index contributed by atoms with van der Waals surface area (Å²) < 4.78 is 11.9. The van der Waals surface area contributed by atoms with Gasteiger partial charge in [-0.3, -0.25) is 0 Å². The van der Waals surface area contributed by atoms with Crippen LogP contribution < -0.4 is 10.1 Å². The lowest BCUT2D eigenvalue weighted by Crippen LogP contribution is -2.38. The number of oxazole rings is 1. The van der Waals surface area contributed by atoms with Crippen molar-refractivity contribution in [1.82, 2.24) is 10.3 Å². The zero-order valence-electron chi connectivity index (χ0n) is 20.2. The maximum Gasteiger partial charge on any atom is 0.347 e. The number of aryl methyl sites for hydroxylation is 1. The molecule has 0 bridgehead atoms. The Hall–Kier alpha value is -3.64. The van der Waals surface area contributed by atoms with E-state index in [0.717, 1.165) is 54.9 Å². The van der Waals surface area contributed by atoms with Crippen LogP contribution in [0.3, 0.4) is 0 Å². The molecule has 4 aromatic rings. The molecule has 182 valence electrons. The van der Waals surface area contributed by atoms with E-state index in [1.165, 1.54) is 5.56 Å². The Morgan fingerprint density at radius 3 is 2.49 bits per heavy atom. The van der Waals surface area contributed by atoms with Crippen molar-refractivity contribution in [3.63, 3.8) is 0 Å². The normalized spacial score (nSPS) is 12.5. The molecule has 0 saturated carbocycles. The van der Waals surface area contributed by atoms with Crippen LogP contribution in [-0.2, 0) is 11.2 Å². The lowest BCUT2D eigenvalue weighted by atomic mass is 9.95. The van der Waals surface area contributed by atoms with E-state index in [0.29, 0.717) is 5.75 Å². The van der Waals surface area contributed by atoms with Crippen LogP contribution in [0, 0.1) is 0 Å². The van der Waals surface area contributed by atoms with E-state index in [9.17, 15) is 9.90 Å². The van der Waals surface area contributed by atoms with Gasteiger partial charge >= 0.3 is 5.97 Å². The van der Waals surface area contributed by atoms with Gasteiger partial charge in [-0.25, -0.2) is 9.78 Å². The summed E-state index contributed by atoms with van der Waals surface area (Å²) in [5, 5.41) is 12.9. The second kappa shape index (κ2) is 11.2. The van der Waals surface area contributed by atoms with E-state index in [4.69, 9.17) is 14.1 Å². The minimum Gasteiger partial charge on any atom is -0.478 e. The first kappa shape index (κ1) is 24.5. The number of nitrogens with one attached hydrogen (secondary N) is 1. The molecule has 0 radical (unpaired) electrons. The van der Waals surface area contributed by atoms with E-state index in [-0.39, 0.29) is 5.92 Å². The summed E-state index contributed by atoms with van der Waals surface area (Å²) in [6.45, 7) is 4.79. The number of nitrogens with zero attached hydrogens (tertiary/aromatic N) is 1. The molecular weight excluding hydrogens is 440 g/mol. The van der Waals surface area contributed by atoms with Gasteiger partial charge in [0, 0.05) is 0 Å². The van der Waals surface area contributed by atoms with Crippen molar-refractivity contribution in [3.05, 3.63) is 95.9 Å². The van der Waals surface area contributed by atoms with Crippen molar-refractivity contribution >= 4 is 17.1 Å². The van der Waals surface area contributed by atoms with Gasteiger partial charge in [-0.1, -0.05) is 60.7 Å². The predicted molar refractivity (Wildman–Crippen MR) is 137 cm³/mol. The average Bonchev–Trinajstić information content (AvgIpc) is 3.28. The van der Waals surface area contributed by atoms with Gasteiger partial charge in [0.1, 0.15) is 11.3 Å². The lowest BCUT2D eigenvalue weighted by molar-refractivity contribution is -0.152. The Kier molecular flexibility index (Phi) is 7.83. The van der Waals surface area contributed by atoms with Crippen LogP contribution in [0.15, 0.2) is 83.3 Å². The molecule has 0 aliphatic heterocycles. The Morgan fingerprint density at radius 2 is 1.71 bits per heavy atom. The molecular formula is C29H32N2O4. The van der Waals surface area contributed by atoms with Crippen molar-refractivity contribution in [2.75, 3.05) is 13.1 Å². The van der Waals surface area contributed by atoms with Crippen molar-refractivity contribution < 1.29 is 19.1 Å². The first-order chi connectivity index (χ1) is 16.9. The van der Waals surface area contributed by atoms with Crippen LogP contribution in [0.4, 0.5) is 0 Å². The maximum absolute atomic E-state index is 11.4. The van der Waals surface area contributed by atoms with Crippen LogP contribution in [0.1, 0.15) is 49.6 Å². The van der Waals surface area contributed by atoms with Crippen LogP contribution >= 0.6 is 0 Å². The lowest BCUT2D eigenvalue weighted by Gasteiger charge is -2.23. The highest BCUT2D eigenvalue weighted by atomic mass is 16.5. The molecule has 0 fully saturated rings. The van der Waals surface area contributed by atoms with Crippen LogP contribution in [0.5, 0.6) is 5.75 Å². The number of benzene rings is 3. The van der Waals surface area contributed by atoms with Crippen molar-refractivity contribution in [3.8, 4) is 5.75 Å². The van der Waals surface area contributed by atoms with E-state index in [2.05, 4.69) is 17.4 Å². The Bertz CT molecular complexity index is 1220. The SMILES string of the molecule is CC(C)(Oc1ccccc1CCCNCCC(c1ccccc1)c1nc2ccccc2o1)C(=O)O. The highest BCUT2D eigenvalue weighted by Gasteiger charge is 2.30. The van der Waals surface area contributed by atoms with Gasteiger partial charge in [0.2, 0.25) is 5.89 Å². The fourth-order valence-corrected chi connectivity index (χ4v) is 4.06. The zero-order chi connectivity index (χ0) is 24.7. The van der Waals surface area contributed by atoms with Crippen LogP contribution in [0.2, 0.25) is 0 Å². The fraction of sp³-hybridized carbons (Fsp3) is 0.310. The molecule has 1 heterocycles. The summed E-state index contributed by atoms with van der Waals surface area (Å²) in [4.78, 5) is 16.2. The maximum atomic E-state index is 11.4. The first-order valence-electron chi connectivity index (χ1n) is 12.1. The van der Waals surface area contributed by atoms with Gasteiger partial charge in [0.15, 0.2) is 11.2 Å². The van der Waals surface area contributed by atoms with Gasteiger partial charge < -0.3 is 19.6 Å². The first-order valence-corrected chi connectivity index (χ1v) is 12.1. The number of para-hydroxylation sites is 3. The summed E-state index contributed by atoms with van der Waals surface area (Å²) in [5.74, 6) is 0.454. The third-order valence-corrected chi connectivity index (χ3v) is 6.07. The van der Waals surface area contributed by atoms with Gasteiger partial charge in [-0.2, -0.15) is 0 Å². The topological polar surface area (TPSA) is 84.6 Å². The molecule has 0 spiro atoms. The number of aromatic nitrogens is 1. The summed E-state index contributed by atoms with van der Waals surface area (Å²) in [6, 6.07) is 25.8. The third kappa shape index (κ3) is 6.28. The predicted octanol–water partition coefficient (Wildman–Crippen LogP) is 5.81. The number of fused-ring (bicyclic) bond motifs is 1. The molecule has 6 nitrogen and oxygen atoms in total. The van der Waals surface area contributed by atoms with Gasteiger partial charge in [-0.15, -0.1) is 0 Å². The summed E-state index contributed by atoms with van der Waals surface area (Å²) in [6.07, 6.45) is 2.57. The quantitative estimate of drug-likeness (QED) is 0.253. The summed E-state index contributed by atoms with van der Waals surface area (Å²) in [7, 11) is 0. The number of carbonyl (C=O) groups is 1. The molecule has 2 N–H and O–H groups in total. The fourth-order valence-electron chi connectivity index (χ4n) is 4.06. The number of aliphatic carboxylic acids is 1. The number of hydrogen-bond donors (Lipinski definition) is 2.